The Balaban J connectivity index is 0.00000181. The van der Waals surface area contributed by atoms with E-state index in [4.69, 9.17) is 14.5 Å². The van der Waals surface area contributed by atoms with Crippen LogP contribution in [0.5, 0.6) is 5.75 Å². The number of carbonyl (C=O) groups is 3. The quantitative estimate of drug-likeness (QED) is 0.339. The van der Waals surface area contributed by atoms with Gasteiger partial charge in [0.05, 0.1) is 31.1 Å². The van der Waals surface area contributed by atoms with Gasteiger partial charge in [-0.05, 0) is 36.1 Å². The van der Waals surface area contributed by atoms with E-state index in [1.165, 1.54) is 18.1 Å². The van der Waals surface area contributed by atoms with Crippen LogP contribution in [0, 0.1) is 5.82 Å². The molecule has 4 heterocycles. The molecule has 12 heteroatoms. The maximum Gasteiger partial charge on any atom is 0.322 e. The summed E-state index contributed by atoms with van der Waals surface area (Å²) in [6.07, 6.45) is 6.36. The van der Waals surface area contributed by atoms with E-state index in [0.717, 1.165) is 16.8 Å². The van der Waals surface area contributed by atoms with E-state index >= 15 is 0 Å². The van der Waals surface area contributed by atoms with Crippen LogP contribution in [0.25, 0.3) is 0 Å². The molecule has 0 radical (unpaired) electrons. The topological polar surface area (TPSA) is 138 Å². The lowest BCUT2D eigenvalue weighted by Crippen LogP contribution is -2.57. The fourth-order valence-electron chi connectivity index (χ4n) is 4.88. The molecule has 3 aliphatic heterocycles. The van der Waals surface area contributed by atoms with E-state index in [1.807, 2.05) is 27.7 Å². The normalized spacial score (nSPS) is 20.4. The second kappa shape index (κ2) is 11.7. The number of methoxy groups -OCH3 is 1. The number of halogens is 1. The number of imide groups is 1. The Hall–Kier alpha value is -4.48. The van der Waals surface area contributed by atoms with Gasteiger partial charge in [-0.1, -0.05) is 26.8 Å². The van der Waals surface area contributed by atoms with Crippen molar-refractivity contribution in [1.29, 1.82) is 0 Å². The number of aromatic amines is 1. The Morgan fingerprint density at radius 1 is 1.27 bits per heavy atom. The van der Waals surface area contributed by atoms with Crippen LogP contribution in [0.15, 0.2) is 52.6 Å². The fraction of sp³-hybridized carbons (Fsp3) is 0.393. The molecule has 0 bridgehead atoms. The maximum absolute atomic E-state index is 14.9. The molecule has 3 aliphatic rings. The van der Waals surface area contributed by atoms with Crippen LogP contribution < -0.4 is 15.4 Å². The molecule has 5 rings (SSSR count). The lowest BCUT2D eigenvalue weighted by atomic mass is 9.93. The fourth-order valence-corrected chi connectivity index (χ4v) is 4.88. The van der Waals surface area contributed by atoms with Gasteiger partial charge < -0.3 is 19.7 Å². The number of H-pyrrole nitrogens is 1. The Morgan fingerprint density at radius 3 is 2.67 bits per heavy atom. The summed E-state index contributed by atoms with van der Waals surface area (Å²) in [4.78, 5) is 44.9. The highest BCUT2D eigenvalue weighted by Gasteiger charge is 2.54. The number of ether oxygens (including phenoxy) is 2. The summed E-state index contributed by atoms with van der Waals surface area (Å²) in [5, 5.41) is 11.6. The van der Waals surface area contributed by atoms with Crippen molar-refractivity contribution >= 4 is 23.6 Å². The SMILES string of the molecule is CC.CCC1=C(N=C(C)Cc2cn[nH]c2)C=C([C@]2(CN3Cc4ccc(OC)c(F)c4C3=O)NC(=O)NC2=O)OC1. The standard InChI is InChI=1S/C26H27FN6O5.C2H6/c1-4-16-12-38-20(8-18(16)30-14(2)7-15-9-28-29-10-15)26(24(35)31-25(36)32-26)13-33-11-17-5-6-19(37-3)22(27)21(17)23(33)34;1-2/h5-6,8-10H,4,7,11-13H2,1-3H3,(H,28,29)(H2,31,32,35,36);1-2H3/t26-;/m0./s1. The molecular weight excluding hydrogens is 519 g/mol. The summed E-state index contributed by atoms with van der Waals surface area (Å²) in [6, 6.07) is 2.34. The summed E-state index contributed by atoms with van der Waals surface area (Å²) >= 11 is 0. The second-order valence-corrected chi connectivity index (χ2v) is 9.36. The molecule has 11 nitrogen and oxygen atoms in total. The molecule has 1 saturated heterocycles. The predicted octanol–water partition coefficient (Wildman–Crippen LogP) is 3.40. The molecule has 1 aromatic heterocycles. The largest absolute Gasteiger partial charge is 0.494 e. The third-order valence-corrected chi connectivity index (χ3v) is 6.85. The second-order valence-electron chi connectivity index (χ2n) is 9.36. The zero-order valence-corrected chi connectivity index (χ0v) is 23.2. The van der Waals surface area contributed by atoms with Crippen molar-refractivity contribution in [1.82, 2.24) is 25.7 Å². The minimum Gasteiger partial charge on any atom is -0.494 e. The molecule has 1 aromatic carbocycles. The number of carbonyl (C=O) groups excluding carboxylic acids is 3. The van der Waals surface area contributed by atoms with E-state index in [1.54, 1.807) is 24.5 Å². The number of rotatable bonds is 8. The van der Waals surface area contributed by atoms with Crippen LogP contribution in [0.3, 0.4) is 0 Å². The first-order valence-corrected chi connectivity index (χ1v) is 13.1. The van der Waals surface area contributed by atoms with Gasteiger partial charge in [-0.3, -0.25) is 25.0 Å². The van der Waals surface area contributed by atoms with Gasteiger partial charge in [0.15, 0.2) is 17.1 Å². The minimum atomic E-state index is -1.71. The highest BCUT2D eigenvalue weighted by Crippen LogP contribution is 2.35. The van der Waals surface area contributed by atoms with Gasteiger partial charge in [0, 0.05) is 31.0 Å². The molecule has 0 spiro atoms. The third-order valence-electron chi connectivity index (χ3n) is 6.85. The molecule has 0 aliphatic carbocycles. The highest BCUT2D eigenvalue weighted by atomic mass is 19.1. The number of urea groups is 1. The van der Waals surface area contributed by atoms with Gasteiger partial charge in [-0.25, -0.2) is 9.18 Å². The molecule has 1 fully saturated rings. The number of fused-ring (bicyclic) bond motifs is 1. The van der Waals surface area contributed by atoms with Gasteiger partial charge in [0.25, 0.3) is 11.8 Å². The molecule has 1 atom stereocenters. The monoisotopic (exact) mass is 552 g/mol. The molecule has 212 valence electrons. The first-order chi connectivity index (χ1) is 19.3. The van der Waals surface area contributed by atoms with Crippen LogP contribution in [0.2, 0.25) is 0 Å². The number of hydrogen-bond donors (Lipinski definition) is 3. The third kappa shape index (κ3) is 5.21. The van der Waals surface area contributed by atoms with Crippen molar-refractivity contribution in [3.8, 4) is 5.75 Å². The number of allylic oxidation sites excluding steroid dienone is 1. The predicted molar refractivity (Wildman–Crippen MR) is 145 cm³/mol. The summed E-state index contributed by atoms with van der Waals surface area (Å²) < 4.78 is 25.9. The minimum absolute atomic E-state index is 0.0515. The average molecular weight is 553 g/mol. The number of benzene rings is 1. The number of nitrogens with one attached hydrogen (secondary N) is 3. The van der Waals surface area contributed by atoms with E-state index in [0.29, 0.717) is 24.1 Å². The van der Waals surface area contributed by atoms with Crippen molar-refractivity contribution in [2.45, 2.75) is 52.6 Å². The van der Waals surface area contributed by atoms with Crippen molar-refractivity contribution in [2.24, 2.45) is 4.99 Å². The van der Waals surface area contributed by atoms with Gasteiger partial charge >= 0.3 is 6.03 Å². The summed E-state index contributed by atoms with van der Waals surface area (Å²) in [6.45, 7) is 7.81. The maximum atomic E-state index is 14.9. The highest BCUT2D eigenvalue weighted by molar-refractivity contribution is 6.10. The van der Waals surface area contributed by atoms with E-state index in [-0.39, 0.29) is 36.8 Å². The van der Waals surface area contributed by atoms with E-state index in [9.17, 15) is 18.8 Å². The zero-order valence-electron chi connectivity index (χ0n) is 23.2. The molecule has 40 heavy (non-hydrogen) atoms. The Bertz CT molecular complexity index is 1410. The Morgan fingerprint density at radius 2 is 2.05 bits per heavy atom. The van der Waals surface area contributed by atoms with E-state index < -0.39 is 29.2 Å². The molecule has 0 unspecified atom stereocenters. The van der Waals surface area contributed by atoms with E-state index in [2.05, 4.69) is 20.8 Å². The van der Waals surface area contributed by atoms with Gasteiger partial charge in [-0.15, -0.1) is 0 Å². The summed E-state index contributed by atoms with van der Waals surface area (Å²) in [5.74, 6) is -1.95. The van der Waals surface area contributed by atoms with Crippen LogP contribution in [-0.2, 0) is 22.5 Å². The molecule has 3 N–H and O–H groups in total. The summed E-state index contributed by atoms with van der Waals surface area (Å²) in [5.41, 5.74) is 1.95. The van der Waals surface area contributed by atoms with Crippen molar-refractivity contribution in [3.05, 3.63) is 70.1 Å². The number of amides is 4. The first kappa shape index (κ1) is 28.5. The molecule has 4 amide bonds. The Kier molecular flexibility index (Phi) is 8.36. The lowest BCUT2D eigenvalue weighted by molar-refractivity contribution is -0.124. The number of hydrogen-bond acceptors (Lipinski definition) is 7. The summed E-state index contributed by atoms with van der Waals surface area (Å²) in [7, 11) is 1.32. The molecular formula is C28H33FN6O5. The van der Waals surface area contributed by atoms with Crippen molar-refractivity contribution < 1.29 is 28.2 Å². The smallest absolute Gasteiger partial charge is 0.322 e. The van der Waals surface area contributed by atoms with Crippen LogP contribution in [0.4, 0.5) is 9.18 Å². The van der Waals surface area contributed by atoms with Crippen LogP contribution in [-0.4, -0.2) is 64.5 Å². The van der Waals surface area contributed by atoms with Gasteiger partial charge in [-0.2, -0.15) is 5.10 Å². The zero-order chi connectivity index (χ0) is 29.0. The Labute approximate surface area is 231 Å². The van der Waals surface area contributed by atoms with Crippen molar-refractivity contribution in [2.75, 3.05) is 20.3 Å². The van der Waals surface area contributed by atoms with Crippen LogP contribution in [0.1, 0.15) is 55.6 Å². The molecule has 2 aromatic rings. The average Bonchev–Trinajstić information content (AvgIpc) is 3.64. The number of aliphatic imine (C=N–C) groups is 1. The lowest BCUT2D eigenvalue weighted by Gasteiger charge is -2.34. The van der Waals surface area contributed by atoms with Gasteiger partial charge in [0.1, 0.15) is 12.4 Å². The van der Waals surface area contributed by atoms with Crippen LogP contribution >= 0.6 is 0 Å². The first-order valence-electron chi connectivity index (χ1n) is 13.1. The number of aromatic nitrogens is 2. The van der Waals surface area contributed by atoms with Crippen molar-refractivity contribution in [3.63, 3.8) is 0 Å². The molecule has 0 saturated carbocycles. The number of nitrogens with zero attached hydrogens (tertiary/aromatic N) is 3. The van der Waals surface area contributed by atoms with Gasteiger partial charge in [0.2, 0.25) is 0 Å².